The first-order chi connectivity index (χ1) is 7.04. The number of benzene rings is 1. The molecule has 5 heteroatoms. The molecule has 0 heterocycles. The number of carboxylic acids is 1. The van der Waals surface area contributed by atoms with Gasteiger partial charge in [0.15, 0.2) is 0 Å². The van der Waals surface area contributed by atoms with E-state index in [-0.39, 0.29) is 6.61 Å². The van der Waals surface area contributed by atoms with Crippen molar-refractivity contribution in [3.63, 3.8) is 0 Å². The van der Waals surface area contributed by atoms with Crippen LogP contribution < -0.4 is 13.9 Å². The molecule has 0 amide bonds. The quantitative estimate of drug-likeness (QED) is 0.568. The van der Waals surface area contributed by atoms with E-state index in [0.717, 1.165) is 33.0 Å². The molecule has 0 spiro atoms. The van der Waals surface area contributed by atoms with Crippen molar-refractivity contribution in [1.82, 2.24) is 0 Å². The number of carboxylic acid groups (broad SMARTS) is 1. The fraction of sp³-hybridized carbons (Fsp3) is 0.300. The van der Waals surface area contributed by atoms with Crippen LogP contribution in [0.15, 0.2) is 30.3 Å². The molecular weight excluding hydrogens is 383 g/mol. The molecular formula is C10H15HgNO3. The second-order valence-corrected chi connectivity index (χ2v) is 5.66. The van der Waals surface area contributed by atoms with Gasteiger partial charge in [0.1, 0.15) is 0 Å². The van der Waals surface area contributed by atoms with Crippen molar-refractivity contribution in [2.45, 2.75) is 6.92 Å². The van der Waals surface area contributed by atoms with Crippen molar-refractivity contribution in [2.24, 2.45) is 5.73 Å². The molecule has 0 saturated carbocycles. The maximum atomic E-state index is 8.89. The Morgan fingerprint density at radius 2 is 1.80 bits per heavy atom. The van der Waals surface area contributed by atoms with Crippen LogP contribution in [0.5, 0.6) is 0 Å². The summed E-state index contributed by atoms with van der Waals surface area (Å²) in [5.74, 6) is -1.08. The van der Waals surface area contributed by atoms with E-state index in [4.69, 9.17) is 20.7 Å². The van der Waals surface area contributed by atoms with Crippen LogP contribution in [0.4, 0.5) is 0 Å². The predicted octanol–water partition coefficient (Wildman–Crippen LogP) is -1.45. The summed E-state index contributed by atoms with van der Waals surface area (Å²) >= 11 is 0.810. The summed E-state index contributed by atoms with van der Waals surface area (Å²) in [5.41, 5.74) is 4.78. The van der Waals surface area contributed by atoms with Crippen molar-refractivity contribution in [2.75, 3.05) is 13.2 Å². The Morgan fingerprint density at radius 1 is 1.47 bits per heavy atom. The van der Waals surface area contributed by atoms with Crippen LogP contribution in [0.2, 0.25) is 0 Å². The Bertz CT molecular complexity index is 236. The van der Waals surface area contributed by atoms with E-state index >= 15 is 0 Å². The Kier molecular flexibility index (Phi) is 15.3. The van der Waals surface area contributed by atoms with E-state index in [0.29, 0.717) is 6.54 Å². The first kappa shape index (κ1) is 17.0. The van der Waals surface area contributed by atoms with Gasteiger partial charge in [0.25, 0.3) is 0 Å². The average molecular weight is 398 g/mol. The number of aliphatic hydroxyl groups excluding tert-OH is 1. The van der Waals surface area contributed by atoms with Gasteiger partial charge in [-0.1, -0.05) is 0 Å². The first-order valence-electron chi connectivity index (χ1n) is 4.40. The van der Waals surface area contributed by atoms with E-state index in [1.165, 1.54) is 3.07 Å². The Balaban J connectivity index is 0. The monoisotopic (exact) mass is 399 g/mol. The molecule has 4 nitrogen and oxygen atoms in total. The fourth-order valence-electron chi connectivity index (χ4n) is 0.478. The standard InChI is InChI=1S/C6H5.C2H7NO.C2H4O2.Hg/c1-2-4-6-5-3-1;3-1-2-4;1-2(3)4;/h1-5H;4H,1-3H2;1H3,(H,3,4);/q;;;+1/p-1. The summed E-state index contributed by atoms with van der Waals surface area (Å²) in [4.78, 5) is 8.89. The second kappa shape index (κ2) is 13.5. The van der Waals surface area contributed by atoms with Gasteiger partial charge in [-0.05, 0) is 6.92 Å². The van der Waals surface area contributed by atoms with E-state index in [9.17, 15) is 0 Å². The van der Waals surface area contributed by atoms with Crippen LogP contribution in [0.3, 0.4) is 0 Å². The third kappa shape index (κ3) is 24.7. The molecule has 1 rings (SSSR count). The molecule has 0 saturated heterocycles. The minimum atomic E-state index is -1.08. The number of nitrogens with two attached hydrogens (primary N) is 1. The zero-order chi connectivity index (χ0) is 12.1. The van der Waals surface area contributed by atoms with Crippen molar-refractivity contribution >= 4 is 9.04 Å². The molecule has 3 N–H and O–H groups in total. The number of aliphatic carboxylic acids is 1. The summed E-state index contributed by atoms with van der Waals surface area (Å²) < 4.78 is 1.52. The second-order valence-electron chi connectivity index (χ2n) is 2.49. The average Bonchev–Trinajstić information content (AvgIpc) is 2.18. The molecule has 0 aliphatic carbocycles. The molecule has 0 atom stereocenters. The maximum absolute atomic E-state index is 8.89. The molecule has 0 aliphatic rings. The first-order valence-corrected chi connectivity index (χ1v) is 7.15. The van der Waals surface area contributed by atoms with E-state index in [1.54, 1.807) is 0 Å². The number of rotatable bonds is 1. The summed E-state index contributed by atoms with van der Waals surface area (Å²) in [5, 5.41) is 16.6. The van der Waals surface area contributed by atoms with Gasteiger partial charge in [-0.25, -0.2) is 0 Å². The minimum absolute atomic E-state index is 0.0972. The fourth-order valence-corrected chi connectivity index (χ4v) is 1.54. The normalized spacial score (nSPS) is 7.80. The summed E-state index contributed by atoms with van der Waals surface area (Å²) in [7, 11) is 0. The SMILES string of the molecule is CC(=O)[O-].NCCO.[Hg+][c]1ccccc1. The summed E-state index contributed by atoms with van der Waals surface area (Å²) in [6.07, 6.45) is 0. The van der Waals surface area contributed by atoms with Crippen molar-refractivity contribution in [3.8, 4) is 0 Å². The molecule has 0 aromatic heterocycles. The van der Waals surface area contributed by atoms with Crippen LogP contribution in [-0.4, -0.2) is 24.2 Å². The zero-order valence-corrected chi connectivity index (χ0v) is 14.3. The molecule has 0 aliphatic heterocycles. The van der Waals surface area contributed by atoms with Gasteiger partial charge in [0.05, 0.1) is 6.61 Å². The Hall–Kier alpha value is -0.455. The summed E-state index contributed by atoms with van der Waals surface area (Å²) in [6, 6.07) is 10.6. The van der Waals surface area contributed by atoms with Crippen molar-refractivity contribution in [3.05, 3.63) is 30.3 Å². The van der Waals surface area contributed by atoms with Crippen LogP contribution >= 0.6 is 0 Å². The molecule has 0 radical (unpaired) electrons. The molecule has 80 valence electrons. The number of aliphatic hydroxyl groups is 1. The number of hydrogen-bond acceptors (Lipinski definition) is 4. The van der Waals surface area contributed by atoms with Gasteiger partial charge in [-0.3, -0.25) is 0 Å². The number of hydrogen-bond donors (Lipinski definition) is 2. The van der Waals surface area contributed by atoms with Crippen LogP contribution in [0.1, 0.15) is 6.92 Å². The van der Waals surface area contributed by atoms with Gasteiger partial charge in [0, 0.05) is 12.5 Å². The molecule has 1 aromatic carbocycles. The van der Waals surface area contributed by atoms with E-state index in [1.807, 2.05) is 0 Å². The van der Waals surface area contributed by atoms with E-state index in [2.05, 4.69) is 30.3 Å². The Labute approximate surface area is 106 Å². The number of carbonyl (C=O) groups is 1. The number of carbonyl (C=O) groups excluding carboxylic acids is 1. The molecule has 0 unspecified atom stereocenters. The van der Waals surface area contributed by atoms with Crippen LogP contribution in [-0.2, 0) is 30.9 Å². The third-order valence-corrected chi connectivity index (χ3v) is 2.80. The molecule has 0 bridgehead atoms. The van der Waals surface area contributed by atoms with Crippen molar-refractivity contribution in [1.29, 1.82) is 0 Å². The van der Waals surface area contributed by atoms with Gasteiger partial charge < -0.3 is 20.7 Å². The van der Waals surface area contributed by atoms with Crippen LogP contribution in [0, 0.1) is 0 Å². The molecule has 1 aromatic rings. The van der Waals surface area contributed by atoms with Crippen molar-refractivity contribution < 1.29 is 41.1 Å². The topological polar surface area (TPSA) is 86.4 Å². The third-order valence-electron chi connectivity index (χ3n) is 0.972. The Morgan fingerprint density at radius 3 is 1.93 bits per heavy atom. The zero-order valence-electron chi connectivity index (χ0n) is 8.85. The van der Waals surface area contributed by atoms with Crippen LogP contribution in [0.25, 0.3) is 0 Å². The molecule has 15 heavy (non-hydrogen) atoms. The predicted molar refractivity (Wildman–Crippen MR) is 52.9 cm³/mol. The van der Waals surface area contributed by atoms with Gasteiger partial charge in [-0.15, -0.1) is 0 Å². The van der Waals surface area contributed by atoms with Gasteiger partial charge in [0.2, 0.25) is 0 Å². The summed E-state index contributed by atoms with van der Waals surface area (Å²) in [6.45, 7) is 1.44. The van der Waals surface area contributed by atoms with E-state index < -0.39 is 5.97 Å². The van der Waals surface area contributed by atoms with Gasteiger partial charge >= 0.3 is 59.5 Å². The van der Waals surface area contributed by atoms with Gasteiger partial charge in [-0.2, -0.15) is 0 Å². The molecule has 0 fully saturated rings.